The molecule has 0 spiro atoms. The van der Waals surface area contributed by atoms with Crippen LogP contribution in [0.4, 0.5) is 0 Å². The number of nitrogens with zero attached hydrogens (tertiary/aromatic N) is 2. The number of halogens is 1. The second-order valence-corrected chi connectivity index (χ2v) is 7.19. The summed E-state index contributed by atoms with van der Waals surface area (Å²) in [6.07, 6.45) is 1.86. The topological polar surface area (TPSA) is 72.7 Å². The Bertz CT molecular complexity index is 1040. The number of aromatic nitrogens is 1. The van der Waals surface area contributed by atoms with Gasteiger partial charge >= 0.3 is 5.97 Å². The number of benzene rings is 2. The van der Waals surface area contributed by atoms with Crippen molar-refractivity contribution in [2.45, 2.75) is 19.9 Å². The van der Waals surface area contributed by atoms with E-state index >= 15 is 0 Å². The van der Waals surface area contributed by atoms with Crippen LogP contribution in [0.15, 0.2) is 58.1 Å². The van der Waals surface area contributed by atoms with Crippen LogP contribution < -0.4 is 5.43 Å². The molecule has 0 aliphatic carbocycles. The van der Waals surface area contributed by atoms with Gasteiger partial charge in [-0.25, -0.2) is 5.43 Å². The molecular formula is C21H20BrN3O3. The molecule has 1 heterocycles. The van der Waals surface area contributed by atoms with Gasteiger partial charge in [0.2, 0.25) is 5.91 Å². The third-order valence-electron chi connectivity index (χ3n) is 4.46. The highest BCUT2D eigenvalue weighted by atomic mass is 79.9. The number of carbonyl (C=O) groups is 2. The first-order valence-corrected chi connectivity index (χ1v) is 9.50. The zero-order valence-electron chi connectivity index (χ0n) is 15.6. The molecule has 28 heavy (non-hydrogen) atoms. The van der Waals surface area contributed by atoms with Gasteiger partial charge in [-0.05, 0) is 30.7 Å². The minimum absolute atomic E-state index is 0.118. The van der Waals surface area contributed by atoms with Crippen LogP contribution in [0.2, 0.25) is 0 Å². The molecule has 7 heteroatoms. The summed E-state index contributed by atoms with van der Waals surface area (Å²) < 4.78 is 7.64. The average Bonchev–Trinajstić information content (AvgIpc) is 2.95. The molecule has 0 radical (unpaired) electrons. The number of amides is 1. The van der Waals surface area contributed by atoms with Crippen LogP contribution in [0, 0.1) is 6.92 Å². The van der Waals surface area contributed by atoms with Gasteiger partial charge < -0.3 is 9.30 Å². The summed E-state index contributed by atoms with van der Waals surface area (Å²) in [5.41, 5.74) is 6.10. The van der Waals surface area contributed by atoms with E-state index in [2.05, 4.69) is 26.5 Å². The fraction of sp³-hybridized carbons (Fsp3) is 0.190. The molecule has 1 aromatic heterocycles. The van der Waals surface area contributed by atoms with Crippen LogP contribution in [0.3, 0.4) is 0 Å². The summed E-state index contributed by atoms with van der Waals surface area (Å²) in [5, 5.41) is 5.07. The SMILES string of the molecule is COC(=O)Cn1c(C)c(/C=N\NC(=O)Cc2ccc(Br)cc2)c2ccccc21. The lowest BCUT2D eigenvalue weighted by Crippen LogP contribution is -2.19. The zero-order valence-corrected chi connectivity index (χ0v) is 17.2. The molecule has 1 N–H and O–H groups in total. The van der Waals surface area contributed by atoms with Crippen LogP contribution in [0.1, 0.15) is 16.8 Å². The molecule has 0 aliphatic rings. The number of rotatable bonds is 6. The summed E-state index contributed by atoms with van der Waals surface area (Å²) in [5.74, 6) is -0.523. The Morgan fingerprint density at radius 1 is 1.18 bits per heavy atom. The van der Waals surface area contributed by atoms with Crippen LogP contribution in [-0.2, 0) is 27.3 Å². The van der Waals surface area contributed by atoms with E-state index in [-0.39, 0.29) is 24.8 Å². The molecule has 0 fully saturated rings. The predicted octanol–water partition coefficient (Wildman–Crippen LogP) is 3.58. The van der Waals surface area contributed by atoms with Crippen LogP contribution in [-0.4, -0.2) is 29.8 Å². The smallest absolute Gasteiger partial charge is 0.325 e. The summed E-state index contributed by atoms with van der Waals surface area (Å²) in [7, 11) is 1.37. The number of carbonyl (C=O) groups excluding carboxylic acids is 2. The molecule has 2 aromatic carbocycles. The van der Waals surface area contributed by atoms with Crippen molar-refractivity contribution in [2.24, 2.45) is 5.10 Å². The third kappa shape index (κ3) is 4.48. The summed E-state index contributed by atoms with van der Waals surface area (Å²) in [6, 6.07) is 15.3. The number of esters is 1. The van der Waals surface area contributed by atoms with Gasteiger partial charge in [-0.1, -0.05) is 46.3 Å². The molecule has 6 nitrogen and oxygen atoms in total. The molecule has 1 amide bonds. The maximum absolute atomic E-state index is 12.1. The molecule has 0 saturated heterocycles. The van der Waals surface area contributed by atoms with Gasteiger partial charge in [0.15, 0.2) is 0 Å². The lowest BCUT2D eigenvalue weighted by Gasteiger charge is -2.06. The Labute approximate surface area is 171 Å². The quantitative estimate of drug-likeness (QED) is 0.361. The second-order valence-electron chi connectivity index (χ2n) is 6.27. The van der Waals surface area contributed by atoms with Crippen LogP contribution in [0.25, 0.3) is 10.9 Å². The Hall–Kier alpha value is -2.93. The minimum atomic E-state index is -0.324. The first-order chi connectivity index (χ1) is 13.5. The fourth-order valence-electron chi connectivity index (χ4n) is 3.01. The van der Waals surface area contributed by atoms with Gasteiger partial charge in [0.1, 0.15) is 6.54 Å². The Morgan fingerprint density at radius 2 is 1.89 bits per heavy atom. The van der Waals surface area contributed by atoms with Crippen molar-refractivity contribution in [2.75, 3.05) is 7.11 Å². The Kier molecular flexibility index (Phi) is 6.26. The molecular weight excluding hydrogens is 422 g/mol. The van der Waals surface area contributed by atoms with E-state index in [1.165, 1.54) is 7.11 Å². The van der Waals surface area contributed by atoms with Gasteiger partial charge in [-0.15, -0.1) is 0 Å². The lowest BCUT2D eigenvalue weighted by atomic mass is 10.1. The summed E-state index contributed by atoms with van der Waals surface area (Å²) >= 11 is 3.37. The van der Waals surface area contributed by atoms with Crippen molar-refractivity contribution in [3.63, 3.8) is 0 Å². The largest absolute Gasteiger partial charge is 0.468 e. The number of para-hydroxylation sites is 1. The molecule has 144 valence electrons. The van der Waals surface area contributed by atoms with Gasteiger partial charge in [0.05, 0.1) is 19.7 Å². The van der Waals surface area contributed by atoms with Crippen molar-refractivity contribution >= 4 is 44.9 Å². The summed E-state index contributed by atoms with van der Waals surface area (Å²) in [4.78, 5) is 23.9. The van der Waals surface area contributed by atoms with E-state index in [1.807, 2.05) is 60.0 Å². The first-order valence-electron chi connectivity index (χ1n) is 8.70. The van der Waals surface area contributed by atoms with Gasteiger partial charge in [0, 0.05) is 26.6 Å². The van der Waals surface area contributed by atoms with Crippen molar-refractivity contribution in [1.29, 1.82) is 0 Å². The minimum Gasteiger partial charge on any atom is -0.468 e. The van der Waals surface area contributed by atoms with Gasteiger partial charge in [-0.3, -0.25) is 9.59 Å². The van der Waals surface area contributed by atoms with Crippen molar-refractivity contribution in [3.8, 4) is 0 Å². The molecule has 0 atom stereocenters. The predicted molar refractivity (Wildman–Crippen MR) is 112 cm³/mol. The number of nitrogens with one attached hydrogen (secondary N) is 1. The Balaban J connectivity index is 1.77. The number of fused-ring (bicyclic) bond motifs is 1. The highest BCUT2D eigenvalue weighted by Crippen LogP contribution is 2.24. The fourth-order valence-corrected chi connectivity index (χ4v) is 3.28. The Morgan fingerprint density at radius 3 is 2.61 bits per heavy atom. The van der Waals surface area contributed by atoms with Crippen LogP contribution >= 0.6 is 15.9 Å². The van der Waals surface area contributed by atoms with E-state index in [4.69, 9.17) is 4.74 Å². The average molecular weight is 442 g/mol. The summed E-state index contributed by atoms with van der Waals surface area (Å²) in [6.45, 7) is 2.03. The third-order valence-corrected chi connectivity index (χ3v) is 4.98. The molecule has 3 aromatic rings. The molecule has 0 saturated carbocycles. The van der Waals surface area contributed by atoms with Gasteiger partial charge in [0.25, 0.3) is 0 Å². The van der Waals surface area contributed by atoms with Crippen molar-refractivity contribution in [3.05, 3.63) is 69.8 Å². The maximum Gasteiger partial charge on any atom is 0.325 e. The molecule has 0 aliphatic heterocycles. The highest BCUT2D eigenvalue weighted by Gasteiger charge is 2.15. The number of hydrogen-bond acceptors (Lipinski definition) is 4. The van der Waals surface area contributed by atoms with E-state index in [0.717, 1.165) is 32.2 Å². The molecule has 3 rings (SSSR count). The van der Waals surface area contributed by atoms with Crippen molar-refractivity contribution < 1.29 is 14.3 Å². The zero-order chi connectivity index (χ0) is 20.1. The number of methoxy groups -OCH3 is 1. The molecule has 0 unspecified atom stereocenters. The van der Waals surface area contributed by atoms with E-state index in [0.29, 0.717) is 0 Å². The maximum atomic E-state index is 12.1. The number of hydrazone groups is 1. The lowest BCUT2D eigenvalue weighted by molar-refractivity contribution is -0.141. The normalized spacial score (nSPS) is 11.1. The van der Waals surface area contributed by atoms with Gasteiger partial charge in [-0.2, -0.15) is 5.10 Å². The highest BCUT2D eigenvalue weighted by molar-refractivity contribution is 9.10. The monoisotopic (exact) mass is 441 g/mol. The van der Waals surface area contributed by atoms with E-state index in [1.54, 1.807) is 6.21 Å². The van der Waals surface area contributed by atoms with Crippen molar-refractivity contribution in [1.82, 2.24) is 9.99 Å². The standard InChI is InChI=1S/C21H20BrN3O3/c1-14-18(12-23-24-20(26)11-15-7-9-16(22)10-8-15)17-5-3-4-6-19(17)25(14)13-21(27)28-2/h3-10,12H,11,13H2,1-2H3,(H,24,26)/b23-12-. The van der Waals surface area contributed by atoms with E-state index in [9.17, 15) is 9.59 Å². The molecule has 0 bridgehead atoms. The first kappa shape index (κ1) is 19.8. The number of hydrogen-bond donors (Lipinski definition) is 1. The number of ether oxygens (including phenoxy) is 1. The second kappa shape index (κ2) is 8.84. The van der Waals surface area contributed by atoms with Crippen LogP contribution in [0.5, 0.6) is 0 Å². The van der Waals surface area contributed by atoms with E-state index < -0.39 is 0 Å².